The smallest absolute Gasteiger partial charge is 0.161 e. The lowest BCUT2D eigenvalue weighted by atomic mass is 10.2. The van der Waals surface area contributed by atoms with Crippen LogP contribution in [0.1, 0.15) is 11.1 Å². The van der Waals surface area contributed by atoms with Gasteiger partial charge in [-0.25, -0.2) is 0 Å². The first kappa shape index (κ1) is 12.1. The summed E-state index contributed by atoms with van der Waals surface area (Å²) in [6, 6.07) is 7.79. The van der Waals surface area contributed by atoms with E-state index in [0.29, 0.717) is 17.1 Å². The van der Waals surface area contributed by atoms with Crippen LogP contribution in [0.3, 0.4) is 0 Å². The summed E-state index contributed by atoms with van der Waals surface area (Å²) < 4.78 is 5.53. The van der Waals surface area contributed by atoms with E-state index in [4.69, 9.17) is 4.74 Å². The summed E-state index contributed by atoms with van der Waals surface area (Å²) in [5.74, 6) is 0.589. The van der Waals surface area contributed by atoms with Crippen LogP contribution in [0.4, 0.5) is 0 Å². The molecule has 4 nitrogen and oxygen atoms in total. The third kappa shape index (κ3) is 2.48. The Bertz CT molecular complexity index is 547. The highest BCUT2D eigenvalue weighted by atomic mass is 16.5. The fourth-order valence-electron chi connectivity index (χ4n) is 1.71. The molecule has 0 fully saturated rings. The van der Waals surface area contributed by atoms with Gasteiger partial charge >= 0.3 is 0 Å². The van der Waals surface area contributed by atoms with Gasteiger partial charge in [-0.1, -0.05) is 0 Å². The van der Waals surface area contributed by atoms with E-state index in [1.165, 1.54) is 12.1 Å². The van der Waals surface area contributed by atoms with Crippen LogP contribution in [-0.4, -0.2) is 15.3 Å². The van der Waals surface area contributed by atoms with Crippen molar-refractivity contribution in [3.05, 3.63) is 41.5 Å². The summed E-state index contributed by atoms with van der Waals surface area (Å²) in [6.45, 7) is 3.50. The number of aryl methyl sites for hydroxylation is 2. The minimum atomic E-state index is -0.234. The SMILES string of the molecule is Cc1cc(O)cc(Oc2cc(C)c(O)c(O)c2)c1. The third-order valence-corrected chi connectivity index (χ3v) is 2.53. The molecule has 0 atom stereocenters. The predicted molar refractivity (Wildman–Crippen MR) is 67.4 cm³/mol. The van der Waals surface area contributed by atoms with E-state index in [1.807, 2.05) is 6.92 Å². The second-order valence-corrected chi connectivity index (χ2v) is 4.21. The van der Waals surface area contributed by atoms with E-state index in [-0.39, 0.29) is 17.2 Å². The molecule has 2 rings (SSSR count). The van der Waals surface area contributed by atoms with Crippen molar-refractivity contribution >= 4 is 0 Å². The van der Waals surface area contributed by atoms with E-state index in [2.05, 4.69) is 0 Å². The Hall–Kier alpha value is -2.36. The van der Waals surface area contributed by atoms with E-state index in [0.717, 1.165) is 5.56 Å². The average molecular weight is 246 g/mol. The van der Waals surface area contributed by atoms with E-state index in [9.17, 15) is 15.3 Å². The standard InChI is InChI=1S/C14H14O4/c1-8-3-10(15)6-11(4-8)18-12-5-9(2)14(17)13(16)7-12/h3-7,15-17H,1-2H3. The number of hydrogen-bond donors (Lipinski definition) is 3. The van der Waals surface area contributed by atoms with Gasteiger partial charge in [0.25, 0.3) is 0 Å². The van der Waals surface area contributed by atoms with Crippen molar-refractivity contribution in [3.63, 3.8) is 0 Å². The lowest BCUT2D eigenvalue weighted by Crippen LogP contribution is -1.87. The maximum Gasteiger partial charge on any atom is 0.161 e. The molecule has 0 aliphatic rings. The molecule has 0 aromatic heterocycles. The number of aromatic hydroxyl groups is 3. The first-order valence-corrected chi connectivity index (χ1v) is 5.47. The van der Waals surface area contributed by atoms with Crippen molar-refractivity contribution in [1.29, 1.82) is 0 Å². The molecule has 0 radical (unpaired) electrons. The molecular weight excluding hydrogens is 232 g/mol. The molecule has 0 aliphatic carbocycles. The lowest BCUT2D eigenvalue weighted by Gasteiger charge is -2.09. The molecule has 94 valence electrons. The molecule has 0 saturated carbocycles. The predicted octanol–water partition coefficient (Wildman–Crippen LogP) is 3.21. The topological polar surface area (TPSA) is 69.9 Å². The van der Waals surface area contributed by atoms with Gasteiger partial charge in [0.15, 0.2) is 11.5 Å². The van der Waals surface area contributed by atoms with E-state index >= 15 is 0 Å². The fraction of sp³-hybridized carbons (Fsp3) is 0.143. The van der Waals surface area contributed by atoms with E-state index < -0.39 is 0 Å². The maximum atomic E-state index is 9.49. The second-order valence-electron chi connectivity index (χ2n) is 4.21. The van der Waals surface area contributed by atoms with Crippen LogP contribution in [-0.2, 0) is 0 Å². The Morgan fingerprint density at radius 2 is 1.50 bits per heavy atom. The zero-order chi connectivity index (χ0) is 13.3. The number of benzene rings is 2. The Kier molecular flexibility index (Phi) is 3.02. The van der Waals surface area contributed by atoms with Gasteiger partial charge in [-0.05, 0) is 43.2 Å². The Balaban J connectivity index is 2.34. The van der Waals surface area contributed by atoms with Crippen molar-refractivity contribution in [2.45, 2.75) is 13.8 Å². The molecule has 18 heavy (non-hydrogen) atoms. The molecule has 0 saturated heterocycles. The monoisotopic (exact) mass is 246 g/mol. The molecule has 0 heterocycles. The second kappa shape index (κ2) is 4.49. The zero-order valence-electron chi connectivity index (χ0n) is 10.1. The summed E-state index contributed by atoms with van der Waals surface area (Å²) in [6.07, 6.45) is 0. The molecule has 0 aliphatic heterocycles. The van der Waals surface area contributed by atoms with Crippen molar-refractivity contribution in [3.8, 4) is 28.7 Å². The highest BCUT2D eigenvalue weighted by Crippen LogP contribution is 2.35. The van der Waals surface area contributed by atoms with Crippen LogP contribution in [0.5, 0.6) is 28.7 Å². The number of hydrogen-bond acceptors (Lipinski definition) is 4. The summed E-state index contributed by atoms with van der Waals surface area (Å²) in [7, 11) is 0. The number of ether oxygens (including phenoxy) is 1. The summed E-state index contributed by atoms with van der Waals surface area (Å²) in [4.78, 5) is 0. The van der Waals surface area contributed by atoms with Crippen molar-refractivity contribution in [1.82, 2.24) is 0 Å². The Morgan fingerprint density at radius 3 is 2.11 bits per heavy atom. The summed E-state index contributed by atoms with van der Waals surface area (Å²) >= 11 is 0. The minimum Gasteiger partial charge on any atom is -0.508 e. The largest absolute Gasteiger partial charge is 0.508 e. The van der Waals surface area contributed by atoms with Crippen LogP contribution in [0.15, 0.2) is 30.3 Å². The molecule has 3 N–H and O–H groups in total. The van der Waals surface area contributed by atoms with Gasteiger partial charge in [-0.2, -0.15) is 0 Å². The molecule has 4 heteroatoms. The van der Waals surface area contributed by atoms with Crippen LogP contribution in [0.2, 0.25) is 0 Å². The van der Waals surface area contributed by atoms with Gasteiger partial charge in [0.1, 0.15) is 17.2 Å². The summed E-state index contributed by atoms with van der Waals surface area (Å²) in [5, 5.41) is 28.4. The minimum absolute atomic E-state index is 0.115. The molecular formula is C14H14O4. The van der Waals surface area contributed by atoms with Crippen molar-refractivity contribution < 1.29 is 20.1 Å². The Morgan fingerprint density at radius 1 is 0.833 bits per heavy atom. The van der Waals surface area contributed by atoms with Gasteiger partial charge < -0.3 is 20.1 Å². The quantitative estimate of drug-likeness (QED) is 0.711. The van der Waals surface area contributed by atoms with Gasteiger partial charge in [0, 0.05) is 12.1 Å². The number of phenolic OH excluding ortho intramolecular Hbond substituents is 3. The first-order valence-electron chi connectivity index (χ1n) is 5.47. The van der Waals surface area contributed by atoms with Crippen molar-refractivity contribution in [2.75, 3.05) is 0 Å². The normalized spacial score (nSPS) is 10.3. The third-order valence-electron chi connectivity index (χ3n) is 2.53. The zero-order valence-corrected chi connectivity index (χ0v) is 10.1. The van der Waals surface area contributed by atoms with Gasteiger partial charge in [-0.3, -0.25) is 0 Å². The highest BCUT2D eigenvalue weighted by molar-refractivity contribution is 5.50. The van der Waals surface area contributed by atoms with Crippen molar-refractivity contribution in [2.24, 2.45) is 0 Å². The van der Waals surface area contributed by atoms with Crippen LogP contribution in [0.25, 0.3) is 0 Å². The molecule has 0 spiro atoms. The molecule has 0 amide bonds. The summed E-state index contributed by atoms with van der Waals surface area (Å²) in [5.41, 5.74) is 1.38. The van der Waals surface area contributed by atoms with Gasteiger partial charge in [0.2, 0.25) is 0 Å². The average Bonchev–Trinajstić information content (AvgIpc) is 2.24. The van der Waals surface area contributed by atoms with E-state index in [1.54, 1.807) is 25.1 Å². The number of rotatable bonds is 2. The molecule has 0 bridgehead atoms. The highest BCUT2D eigenvalue weighted by Gasteiger charge is 2.08. The van der Waals surface area contributed by atoms with Crippen LogP contribution < -0.4 is 4.74 Å². The van der Waals surface area contributed by atoms with Gasteiger partial charge in [0.05, 0.1) is 0 Å². The fourth-order valence-corrected chi connectivity index (χ4v) is 1.71. The lowest BCUT2D eigenvalue weighted by molar-refractivity contribution is 0.394. The molecule has 0 unspecified atom stereocenters. The molecule has 2 aromatic carbocycles. The first-order chi connectivity index (χ1) is 8.45. The number of phenols is 3. The van der Waals surface area contributed by atoms with Crippen LogP contribution >= 0.6 is 0 Å². The maximum absolute atomic E-state index is 9.49. The van der Waals surface area contributed by atoms with Crippen LogP contribution in [0, 0.1) is 13.8 Å². The molecule has 2 aromatic rings. The van der Waals surface area contributed by atoms with Gasteiger partial charge in [-0.15, -0.1) is 0 Å². The Labute approximate surface area is 105 Å².